The average molecular weight is 247 g/mol. The van der Waals surface area contributed by atoms with Crippen LogP contribution in [0.2, 0.25) is 0 Å². The van der Waals surface area contributed by atoms with Gasteiger partial charge in [0.2, 0.25) is 0 Å². The van der Waals surface area contributed by atoms with Gasteiger partial charge in [-0.05, 0) is 38.4 Å². The Hall–Kier alpha value is -1.55. The Balaban J connectivity index is 2.40. The fraction of sp³-hybridized carbons (Fsp3) is 0.500. The summed E-state index contributed by atoms with van der Waals surface area (Å²) in [5.41, 5.74) is 3.59. The van der Waals surface area contributed by atoms with E-state index in [1.54, 1.807) is 6.26 Å². The van der Waals surface area contributed by atoms with Gasteiger partial charge in [-0.3, -0.25) is 4.68 Å². The van der Waals surface area contributed by atoms with Gasteiger partial charge >= 0.3 is 0 Å². The summed E-state index contributed by atoms with van der Waals surface area (Å²) in [5.74, 6) is 0.962. The summed E-state index contributed by atoms with van der Waals surface area (Å²) in [4.78, 5) is 0. The second-order valence-electron chi connectivity index (χ2n) is 4.66. The average Bonchev–Trinajstić information content (AvgIpc) is 2.90. The van der Waals surface area contributed by atoms with Gasteiger partial charge in [-0.1, -0.05) is 6.92 Å². The molecule has 0 fully saturated rings. The third-order valence-corrected chi connectivity index (χ3v) is 3.26. The molecule has 2 rings (SSSR count). The molecule has 0 aliphatic heterocycles. The van der Waals surface area contributed by atoms with Crippen molar-refractivity contribution in [1.29, 1.82) is 0 Å². The molecule has 4 nitrogen and oxygen atoms in total. The van der Waals surface area contributed by atoms with E-state index in [0.29, 0.717) is 0 Å². The second-order valence-corrected chi connectivity index (χ2v) is 4.66. The van der Waals surface area contributed by atoms with Crippen molar-refractivity contribution in [3.8, 4) is 0 Å². The van der Waals surface area contributed by atoms with Crippen LogP contribution in [0.15, 0.2) is 22.9 Å². The smallest absolute Gasteiger partial charge is 0.105 e. The summed E-state index contributed by atoms with van der Waals surface area (Å²) in [5, 5.41) is 7.91. The van der Waals surface area contributed by atoms with Gasteiger partial charge in [0, 0.05) is 12.6 Å². The third kappa shape index (κ3) is 2.34. The van der Waals surface area contributed by atoms with Crippen molar-refractivity contribution in [2.24, 2.45) is 7.05 Å². The summed E-state index contributed by atoms with van der Waals surface area (Å²) in [7, 11) is 1.98. The summed E-state index contributed by atoms with van der Waals surface area (Å²) >= 11 is 0. The molecule has 1 N–H and O–H groups in total. The maximum atomic E-state index is 5.43. The van der Waals surface area contributed by atoms with Crippen LogP contribution >= 0.6 is 0 Å². The number of rotatable bonds is 5. The highest BCUT2D eigenvalue weighted by Gasteiger charge is 2.22. The summed E-state index contributed by atoms with van der Waals surface area (Å²) in [6, 6.07) is 2.19. The van der Waals surface area contributed by atoms with E-state index in [0.717, 1.165) is 18.7 Å². The molecule has 0 aliphatic rings. The fourth-order valence-corrected chi connectivity index (χ4v) is 2.31. The highest BCUT2D eigenvalue weighted by Crippen LogP contribution is 2.27. The van der Waals surface area contributed by atoms with Crippen molar-refractivity contribution in [3.05, 3.63) is 41.1 Å². The van der Waals surface area contributed by atoms with Crippen molar-refractivity contribution in [1.82, 2.24) is 15.1 Å². The van der Waals surface area contributed by atoms with Crippen molar-refractivity contribution in [2.45, 2.75) is 33.2 Å². The molecular weight excluding hydrogens is 226 g/mol. The standard InChI is InChI=1S/C14H21N3O/c1-5-7-15-13(12-6-8-18-11(12)3)14-10(2)9-16-17(14)4/h6,8-9,13,15H,5,7H2,1-4H3. The van der Waals surface area contributed by atoms with Gasteiger partial charge in [-0.25, -0.2) is 0 Å². The Morgan fingerprint density at radius 2 is 2.22 bits per heavy atom. The Labute approximate surface area is 108 Å². The van der Waals surface area contributed by atoms with E-state index in [9.17, 15) is 0 Å². The van der Waals surface area contributed by atoms with E-state index in [4.69, 9.17) is 4.42 Å². The van der Waals surface area contributed by atoms with Crippen LogP contribution in [0.5, 0.6) is 0 Å². The number of aryl methyl sites for hydroxylation is 3. The summed E-state index contributed by atoms with van der Waals surface area (Å²) in [6.45, 7) is 7.24. The molecule has 2 aromatic heterocycles. The molecule has 1 unspecified atom stereocenters. The molecule has 0 aliphatic carbocycles. The Bertz CT molecular complexity index is 493. The van der Waals surface area contributed by atoms with E-state index < -0.39 is 0 Å². The molecule has 0 saturated heterocycles. The second kappa shape index (κ2) is 5.40. The van der Waals surface area contributed by atoms with Crippen LogP contribution in [-0.4, -0.2) is 16.3 Å². The minimum absolute atomic E-state index is 0.149. The predicted octanol–water partition coefficient (Wildman–Crippen LogP) is 2.72. The lowest BCUT2D eigenvalue weighted by molar-refractivity contribution is 0.507. The number of nitrogens with one attached hydrogen (secondary N) is 1. The Kier molecular flexibility index (Phi) is 3.87. The first kappa shape index (κ1) is 12.9. The van der Waals surface area contributed by atoms with Gasteiger partial charge in [0.1, 0.15) is 5.76 Å². The van der Waals surface area contributed by atoms with E-state index in [1.807, 2.05) is 30.9 Å². The van der Waals surface area contributed by atoms with Crippen LogP contribution in [-0.2, 0) is 7.05 Å². The topological polar surface area (TPSA) is 43.0 Å². The summed E-state index contributed by atoms with van der Waals surface area (Å²) in [6.07, 6.45) is 4.76. The van der Waals surface area contributed by atoms with Gasteiger partial charge in [0.15, 0.2) is 0 Å². The predicted molar refractivity (Wildman–Crippen MR) is 71.5 cm³/mol. The Morgan fingerprint density at radius 1 is 1.44 bits per heavy atom. The minimum atomic E-state index is 0.149. The zero-order valence-electron chi connectivity index (χ0n) is 11.5. The SMILES string of the molecule is CCCNC(c1ccoc1C)c1c(C)cnn1C. The number of hydrogen-bond donors (Lipinski definition) is 1. The zero-order valence-corrected chi connectivity index (χ0v) is 11.5. The van der Waals surface area contributed by atoms with Crippen LogP contribution in [0.3, 0.4) is 0 Å². The molecule has 1 atom stereocenters. The quantitative estimate of drug-likeness (QED) is 0.883. The maximum absolute atomic E-state index is 5.43. The van der Waals surface area contributed by atoms with Crippen LogP contribution in [0, 0.1) is 13.8 Å². The number of furan rings is 1. The van der Waals surface area contributed by atoms with Crippen LogP contribution < -0.4 is 5.32 Å². The molecular formula is C14H21N3O. The van der Waals surface area contributed by atoms with Crippen molar-refractivity contribution in [2.75, 3.05) is 6.54 Å². The molecule has 4 heteroatoms. The van der Waals surface area contributed by atoms with Crippen LogP contribution in [0.4, 0.5) is 0 Å². The minimum Gasteiger partial charge on any atom is -0.469 e. The lowest BCUT2D eigenvalue weighted by Gasteiger charge is -2.19. The van der Waals surface area contributed by atoms with Gasteiger partial charge < -0.3 is 9.73 Å². The van der Waals surface area contributed by atoms with Crippen molar-refractivity contribution < 1.29 is 4.42 Å². The molecule has 0 radical (unpaired) electrons. The van der Waals surface area contributed by atoms with E-state index in [1.165, 1.54) is 16.8 Å². The van der Waals surface area contributed by atoms with Crippen molar-refractivity contribution >= 4 is 0 Å². The number of aromatic nitrogens is 2. The highest BCUT2D eigenvalue weighted by molar-refractivity contribution is 5.32. The lowest BCUT2D eigenvalue weighted by Crippen LogP contribution is -2.26. The van der Waals surface area contributed by atoms with Gasteiger partial charge in [0.25, 0.3) is 0 Å². The van der Waals surface area contributed by atoms with E-state index in [-0.39, 0.29) is 6.04 Å². The highest BCUT2D eigenvalue weighted by atomic mass is 16.3. The molecule has 2 heterocycles. The van der Waals surface area contributed by atoms with Crippen LogP contribution in [0.25, 0.3) is 0 Å². The normalized spacial score (nSPS) is 12.9. The molecule has 0 aromatic carbocycles. The summed E-state index contributed by atoms with van der Waals surface area (Å²) < 4.78 is 7.37. The largest absolute Gasteiger partial charge is 0.469 e. The van der Waals surface area contributed by atoms with Crippen molar-refractivity contribution in [3.63, 3.8) is 0 Å². The number of hydrogen-bond acceptors (Lipinski definition) is 3. The van der Waals surface area contributed by atoms with Gasteiger partial charge in [0.05, 0.1) is 24.2 Å². The molecule has 18 heavy (non-hydrogen) atoms. The number of nitrogens with zero attached hydrogens (tertiary/aromatic N) is 2. The molecule has 0 bridgehead atoms. The third-order valence-electron chi connectivity index (χ3n) is 3.26. The lowest BCUT2D eigenvalue weighted by atomic mass is 10.0. The van der Waals surface area contributed by atoms with Gasteiger partial charge in [-0.15, -0.1) is 0 Å². The molecule has 0 spiro atoms. The molecule has 0 amide bonds. The van der Waals surface area contributed by atoms with Gasteiger partial charge in [-0.2, -0.15) is 5.10 Å². The maximum Gasteiger partial charge on any atom is 0.105 e. The fourth-order valence-electron chi connectivity index (χ4n) is 2.31. The Morgan fingerprint density at radius 3 is 2.72 bits per heavy atom. The first-order valence-corrected chi connectivity index (χ1v) is 6.41. The zero-order chi connectivity index (χ0) is 13.1. The van der Waals surface area contributed by atoms with E-state index in [2.05, 4.69) is 24.3 Å². The van der Waals surface area contributed by atoms with Crippen LogP contribution in [0.1, 0.15) is 42.0 Å². The molecule has 2 aromatic rings. The first-order chi connectivity index (χ1) is 8.65. The van der Waals surface area contributed by atoms with E-state index >= 15 is 0 Å². The molecule has 98 valence electrons. The molecule has 0 saturated carbocycles. The first-order valence-electron chi connectivity index (χ1n) is 6.41. The monoisotopic (exact) mass is 247 g/mol.